The van der Waals surface area contributed by atoms with Crippen LogP contribution in [0.4, 0.5) is 5.69 Å². The van der Waals surface area contributed by atoms with Gasteiger partial charge in [0.2, 0.25) is 5.60 Å². The Morgan fingerprint density at radius 3 is 2.45 bits per heavy atom. The lowest BCUT2D eigenvalue weighted by molar-refractivity contribution is -0.309. The molecule has 0 unspecified atom stereocenters. The Morgan fingerprint density at radius 2 is 1.82 bits per heavy atom. The Bertz CT molecular complexity index is 698. The summed E-state index contributed by atoms with van der Waals surface area (Å²) in [6, 6.07) is 14.8. The van der Waals surface area contributed by atoms with E-state index in [1.54, 1.807) is 25.0 Å². The number of rotatable bonds is 4. The van der Waals surface area contributed by atoms with E-state index in [2.05, 4.69) is 4.89 Å². The van der Waals surface area contributed by atoms with Crippen molar-refractivity contribution in [2.24, 2.45) is 0 Å². The van der Waals surface area contributed by atoms with Gasteiger partial charge in [-0.1, -0.05) is 30.3 Å². The van der Waals surface area contributed by atoms with E-state index in [9.17, 15) is 10.1 Å². The third-order valence-corrected chi connectivity index (χ3v) is 4.04. The molecule has 1 amide bonds. The Kier molecular flexibility index (Phi) is 3.60. The van der Waals surface area contributed by atoms with Gasteiger partial charge >= 0.3 is 0 Å². The number of amides is 1. The fourth-order valence-corrected chi connectivity index (χ4v) is 2.75. The Hall–Kier alpha value is -2.37. The second kappa shape index (κ2) is 5.44. The van der Waals surface area contributed by atoms with Crippen LogP contribution in [0.25, 0.3) is 0 Å². The lowest BCUT2D eigenvalue weighted by Crippen LogP contribution is -2.39. The van der Waals surface area contributed by atoms with Gasteiger partial charge in [-0.15, -0.1) is 0 Å². The van der Waals surface area contributed by atoms with Crippen molar-refractivity contribution in [1.29, 1.82) is 0 Å². The molecule has 5 nitrogen and oxygen atoms in total. The standard InChI is InChI=1S/C17H17NO4/c1-17(22-20)14-5-3-4-6-15(14)18(16(17)19)11-12-7-9-13(21-2)10-8-12/h3-10,20H,11H2,1-2H3/t17-/m1/s1. The van der Waals surface area contributed by atoms with Crippen molar-refractivity contribution in [2.75, 3.05) is 12.0 Å². The van der Waals surface area contributed by atoms with Crippen molar-refractivity contribution in [1.82, 2.24) is 0 Å². The molecular formula is C17H17NO4. The summed E-state index contributed by atoms with van der Waals surface area (Å²) in [4.78, 5) is 18.8. The van der Waals surface area contributed by atoms with Crippen molar-refractivity contribution in [3.8, 4) is 5.75 Å². The van der Waals surface area contributed by atoms with E-state index in [0.717, 1.165) is 17.0 Å². The van der Waals surface area contributed by atoms with Crippen LogP contribution in [0.2, 0.25) is 0 Å². The van der Waals surface area contributed by atoms with E-state index < -0.39 is 5.60 Å². The molecule has 2 aromatic carbocycles. The van der Waals surface area contributed by atoms with Crippen LogP contribution >= 0.6 is 0 Å². The number of ether oxygens (including phenoxy) is 1. The summed E-state index contributed by atoms with van der Waals surface area (Å²) in [5, 5.41) is 9.23. The molecule has 3 rings (SSSR count). The summed E-state index contributed by atoms with van der Waals surface area (Å²) >= 11 is 0. The zero-order chi connectivity index (χ0) is 15.7. The second-order valence-corrected chi connectivity index (χ2v) is 5.38. The normalized spacial score (nSPS) is 20.1. The molecule has 0 aromatic heterocycles. The van der Waals surface area contributed by atoms with Crippen molar-refractivity contribution in [3.05, 3.63) is 59.7 Å². The molecule has 0 saturated carbocycles. The summed E-state index contributed by atoms with van der Waals surface area (Å²) in [5.74, 6) is 0.479. The number of carbonyl (C=O) groups is 1. The van der Waals surface area contributed by atoms with Crippen LogP contribution in [-0.4, -0.2) is 18.3 Å². The minimum Gasteiger partial charge on any atom is -0.497 e. The van der Waals surface area contributed by atoms with Gasteiger partial charge in [0.1, 0.15) is 5.75 Å². The molecule has 0 spiro atoms. The molecule has 1 aliphatic rings. The highest BCUT2D eigenvalue weighted by molar-refractivity contribution is 6.06. The van der Waals surface area contributed by atoms with E-state index in [-0.39, 0.29) is 5.91 Å². The molecule has 0 fully saturated rings. The van der Waals surface area contributed by atoms with E-state index in [1.807, 2.05) is 42.5 Å². The zero-order valence-corrected chi connectivity index (χ0v) is 12.4. The third-order valence-electron chi connectivity index (χ3n) is 4.04. The summed E-state index contributed by atoms with van der Waals surface area (Å²) in [7, 11) is 1.61. The minimum atomic E-state index is -1.36. The molecule has 0 radical (unpaired) electrons. The maximum Gasteiger partial charge on any atom is 0.267 e. The van der Waals surface area contributed by atoms with Gasteiger partial charge in [-0.2, -0.15) is 0 Å². The number of hydrogen-bond donors (Lipinski definition) is 1. The van der Waals surface area contributed by atoms with Crippen molar-refractivity contribution in [3.63, 3.8) is 0 Å². The number of para-hydroxylation sites is 1. The largest absolute Gasteiger partial charge is 0.497 e. The van der Waals surface area contributed by atoms with Gasteiger partial charge in [0.05, 0.1) is 19.3 Å². The minimum absolute atomic E-state index is 0.285. The molecule has 5 heteroatoms. The van der Waals surface area contributed by atoms with Gasteiger partial charge in [0.25, 0.3) is 5.91 Å². The predicted molar refractivity (Wildman–Crippen MR) is 81.7 cm³/mol. The number of hydrogen-bond acceptors (Lipinski definition) is 4. The molecule has 1 N–H and O–H groups in total. The maximum atomic E-state index is 12.7. The smallest absolute Gasteiger partial charge is 0.267 e. The van der Waals surface area contributed by atoms with Gasteiger partial charge in [-0.3, -0.25) is 10.1 Å². The fraction of sp³-hybridized carbons (Fsp3) is 0.235. The van der Waals surface area contributed by atoms with Crippen molar-refractivity contribution in [2.45, 2.75) is 19.1 Å². The summed E-state index contributed by atoms with van der Waals surface area (Å²) in [6.45, 7) is 1.97. The lowest BCUT2D eigenvalue weighted by atomic mass is 9.98. The van der Waals surface area contributed by atoms with Crippen LogP contribution in [0.3, 0.4) is 0 Å². The molecule has 1 atom stereocenters. The first-order chi connectivity index (χ1) is 10.6. The number of methoxy groups -OCH3 is 1. The van der Waals surface area contributed by atoms with E-state index in [0.29, 0.717) is 12.1 Å². The van der Waals surface area contributed by atoms with Crippen molar-refractivity contribution >= 4 is 11.6 Å². The lowest BCUT2D eigenvalue weighted by Gasteiger charge is -2.21. The van der Waals surface area contributed by atoms with Crippen LogP contribution in [-0.2, 0) is 21.8 Å². The number of carbonyl (C=O) groups excluding carboxylic acids is 1. The topological polar surface area (TPSA) is 59.0 Å². The number of benzene rings is 2. The second-order valence-electron chi connectivity index (χ2n) is 5.38. The predicted octanol–water partition coefficient (Wildman–Crippen LogP) is 2.95. The molecule has 1 aliphatic heterocycles. The summed E-state index contributed by atoms with van der Waals surface area (Å²) < 4.78 is 5.13. The molecule has 0 saturated heterocycles. The summed E-state index contributed by atoms with van der Waals surface area (Å²) in [6.07, 6.45) is 0. The van der Waals surface area contributed by atoms with Gasteiger partial charge in [0, 0.05) is 5.56 Å². The quantitative estimate of drug-likeness (QED) is 0.696. The number of nitrogens with zero attached hydrogens (tertiary/aromatic N) is 1. The SMILES string of the molecule is COc1ccc(CN2C(=O)[C@](C)(OO)c3ccccc32)cc1. The first kappa shape index (κ1) is 14.6. The average molecular weight is 299 g/mol. The molecule has 0 bridgehead atoms. The van der Waals surface area contributed by atoms with Crippen LogP contribution in [0, 0.1) is 0 Å². The third kappa shape index (κ3) is 2.15. The Morgan fingerprint density at radius 1 is 1.14 bits per heavy atom. The Balaban J connectivity index is 1.95. The number of fused-ring (bicyclic) bond motifs is 1. The van der Waals surface area contributed by atoms with Crippen molar-refractivity contribution < 1.29 is 19.7 Å². The highest BCUT2D eigenvalue weighted by atomic mass is 17.1. The molecule has 1 heterocycles. The van der Waals surface area contributed by atoms with Gasteiger partial charge in [-0.05, 0) is 30.7 Å². The summed E-state index contributed by atoms with van der Waals surface area (Å²) in [5.41, 5.74) is 1.02. The first-order valence-electron chi connectivity index (χ1n) is 6.97. The highest BCUT2D eigenvalue weighted by Gasteiger charge is 2.49. The van der Waals surface area contributed by atoms with Gasteiger partial charge in [-0.25, -0.2) is 4.89 Å². The molecule has 2 aromatic rings. The Labute approximate surface area is 128 Å². The van der Waals surface area contributed by atoms with Crippen LogP contribution in [0.15, 0.2) is 48.5 Å². The highest BCUT2D eigenvalue weighted by Crippen LogP contribution is 2.42. The molecular weight excluding hydrogens is 282 g/mol. The molecule has 114 valence electrons. The van der Waals surface area contributed by atoms with Crippen LogP contribution in [0.1, 0.15) is 18.1 Å². The fourth-order valence-electron chi connectivity index (χ4n) is 2.75. The zero-order valence-electron chi connectivity index (χ0n) is 12.4. The number of anilines is 1. The molecule has 22 heavy (non-hydrogen) atoms. The molecule has 0 aliphatic carbocycles. The van der Waals surface area contributed by atoms with E-state index >= 15 is 0 Å². The average Bonchev–Trinajstić information content (AvgIpc) is 2.78. The van der Waals surface area contributed by atoms with Crippen LogP contribution < -0.4 is 9.64 Å². The van der Waals surface area contributed by atoms with E-state index in [1.165, 1.54) is 0 Å². The van der Waals surface area contributed by atoms with E-state index in [4.69, 9.17) is 4.74 Å². The van der Waals surface area contributed by atoms with Crippen LogP contribution in [0.5, 0.6) is 5.75 Å². The van der Waals surface area contributed by atoms with Gasteiger partial charge < -0.3 is 9.64 Å². The van der Waals surface area contributed by atoms with Gasteiger partial charge in [0.15, 0.2) is 0 Å². The first-order valence-corrected chi connectivity index (χ1v) is 6.97. The monoisotopic (exact) mass is 299 g/mol. The maximum absolute atomic E-state index is 12.7.